The molecule has 1 aliphatic carbocycles. The third-order valence-corrected chi connectivity index (χ3v) is 3.95. The van der Waals surface area contributed by atoms with Gasteiger partial charge in [-0.3, -0.25) is 4.79 Å². The zero-order valence-corrected chi connectivity index (χ0v) is 11.9. The molecule has 0 bridgehead atoms. The molecule has 0 radical (unpaired) electrons. The molecule has 0 spiro atoms. The lowest BCUT2D eigenvalue weighted by molar-refractivity contribution is -0.198. The molecule has 1 rings (SSSR count). The Kier molecular flexibility index (Phi) is 6.43. The fourth-order valence-corrected chi connectivity index (χ4v) is 2.80. The van der Waals surface area contributed by atoms with Gasteiger partial charge in [0.1, 0.15) is 0 Å². The summed E-state index contributed by atoms with van der Waals surface area (Å²) in [6.07, 6.45) is -1.19. The summed E-state index contributed by atoms with van der Waals surface area (Å²) in [6, 6.07) is -0.123. The monoisotopic (exact) mass is 299 g/mol. The van der Waals surface area contributed by atoms with Crippen LogP contribution in [0.15, 0.2) is 0 Å². The van der Waals surface area contributed by atoms with Crippen LogP contribution in [0.5, 0.6) is 0 Å². The molecule has 0 saturated heterocycles. The fourth-order valence-electron chi connectivity index (χ4n) is 2.64. The summed E-state index contributed by atoms with van der Waals surface area (Å²) in [5, 5.41) is 2.69. The second kappa shape index (κ2) is 7.36. The van der Waals surface area contributed by atoms with Gasteiger partial charge in [0.05, 0.1) is 5.92 Å². The quantitative estimate of drug-likeness (QED) is 0.767. The van der Waals surface area contributed by atoms with Crippen LogP contribution in [0.1, 0.15) is 45.4 Å². The van der Waals surface area contributed by atoms with E-state index >= 15 is 0 Å². The zero-order valence-electron chi connectivity index (χ0n) is 11.1. The number of carbonyl (C=O) groups is 1. The first kappa shape index (κ1) is 16.6. The Hall–Kier alpha value is -0.450. The highest BCUT2D eigenvalue weighted by Gasteiger charge is 2.48. The molecule has 2 nitrogen and oxygen atoms in total. The van der Waals surface area contributed by atoms with Gasteiger partial charge >= 0.3 is 6.18 Å². The molecule has 1 aliphatic rings. The van der Waals surface area contributed by atoms with E-state index in [4.69, 9.17) is 11.6 Å². The molecule has 19 heavy (non-hydrogen) atoms. The molecule has 0 aliphatic heterocycles. The molecular weight excluding hydrogens is 279 g/mol. The molecule has 0 aromatic heterocycles. The zero-order chi connectivity index (χ0) is 14.5. The van der Waals surface area contributed by atoms with E-state index in [1.165, 1.54) is 0 Å². The molecule has 0 heterocycles. The van der Waals surface area contributed by atoms with Gasteiger partial charge in [0.15, 0.2) is 0 Å². The van der Waals surface area contributed by atoms with Crippen LogP contribution in [-0.4, -0.2) is 24.0 Å². The normalized spacial score (nSPS) is 25.9. The van der Waals surface area contributed by atoms with Crippen molar-refractivity contribution in [1.29, 1.82) is 0 Å². The van der Waals surface area contributed by atoms with Gasteiger partial charge in [-0.15, -0.1) is 11.6 Å². The van der Waals surface area contributed by atoms with Gasteiger partial charge in [-0.05, 0) is 32.6 Å². The number of hydrogen-bond acceptors (Lipinski definition) is 1. The van der Waals surface area contributed by atoms with Crippen LogP contribution < -0.4 is 5.32 Å². The molecule has 1 amide bonds. The van der Waals surface area contributed by atoms with Crippen LogP contribution in [0.3, 0.4) is 0 Å². The van der Waals surface area contributed by atoms with Crippen molar-refractivity contribution in [2.24, 2.45) is 11.8 Å². The Morgan fingerprint density at radius 1 is 1.37 bits per heavy atom. The molecule has 3 unspecified atom stereocenters. The standard InChI is InChI=1S/C13H21ClF3NO/c1-9(5-4-8-14)18-12(19)10-6-2-3-7-11(10)13(15,16)17/h9-11H,2-8H2,1H3,(H,18,19). The highest BCUT2D eigenvalue weighted by atomic mass is 35.5. The van der Waals surface area contributed by atoms with E-state index < -0.39 is 23.9 Å². The molecule has 1 fully saturated rings. The van der Waals surface area contributed by atoms with Gasteiger partial charge < -0.3 is 5.32 Å². The summed E-state index contributed by atoms with van der Waals surface area (Å²) in [5.74, 6) is -2.37. The molecule has 6 heteroatoms. The van der Waals surface area contributed by atoms with E-state index in [2.05, 4.69) is 5.32 Å². The first-order valence-corrected chi connectivity index (χ1v) is 7.32. The van der Waals surface area contributed by atoms with Gasteiger partial charge in [-0.1, -0.05) is 12.8 Å². The van der Waals surface area contributed by atoms with Crippen LogP contribution >= 0.6 is 11.6 Å². The minimum atomic E-state index is -4.28. The van der Waals surface area contributed by atoms with E-state index in [9.17, 15) is 18.0 Å². The molecule has 0 aromatic rings. The second-order valence-electron chi connectivity index (χ2n) is 5.28. The Balaban J connectivity index is 2.57. The smallest absolute Gasteiger partial charge is 0.353 e. The third-order valence-electron chi connectivity index (χ3n) is 3.68. The van der Waals surface area contributed by atoms with E-state index in [0.29, 0.717) is 31.6 Å². The predicted molar refractivity (Wildman–Crippen MR) is 69.1 cm³/mol. The average Bonchev–Trinajstić information content (AvgIpc) is 2.35. The molecule has 0 aromatic carbocycles. The van der Waals surface area contributed by atoms with Crippen molar-refractivity contribution < 1.29 is 18.0 Å². The Morgan fingerprint density at radius 2 is 2.00 bits per heavy atom. The second-order valence-corrected chi connectivity index (χ2v) is 5.66. The minimum absolute atomic E-state index is 0.0671. The number of alkyl halides is 4. The minimum Gasteiger partial charge on any atom is -0.353 e. The summed E-state index contributed by atoms with van der Waals surface area (Å²) in [7, 11) is 0. The van der Waals surface area contributed by atoms with Crippen LogP contribution in [0.2, 0.25) is 0 Å². The van der Waals surface area contributed by atoms with Crippen molar-refractivity contribution in [3.05, 3.63) is 0 Å². The van der Waals surface area contributed by atoms with Crippen molar-refractivity contribution in [2.45, 2.75) is 57.7 Å². The summed E-state index contributed by atoms with van der Waals surface area (Å²) < 4.78 is 38.7. The summed E-state index contributed by atoms with van der Waals surface area (Å²) in [4.78, 5) is 12.0. The van der Waals surface area contributed by atoms with Crippen molar-refractivity contribution in [2.75, 3.05) is 5.88 Å². The fraction of sp³-hybridized carbons (Fsp3) is 0.923. The maximum Gasteiger partial charge on any atom is 0.392 e. The average molecular weight is 300 g/mol. The van der Waals surface area contributed by atoms with Gasteiger partial charge in [-0.2, -0.15) is 13.2 Å². The van der Waals surface area contributed by atoms with Crippen LogP contribution in [0.25, 0.3) is 0 Å². The summed E-state index contributed by atoms with van der Waals surface area (Å²) in [6.45, 7) is 1.80. The molecule has 112 valence electrons. The van der Waals surface area contributed by atoms with Crippen LogP contribution in [-0.2, 0) is 4.79 Å². The van der Waals surface area contributed by atoms with Gasteiger partial charge in [0.25, 0.3) is 0 Å². The van der Waals surface area contributed by atoms with Gasteiger partial charge in [-0.25, -0.2) is 0 Å². The van der Waals surface area contributed by atoms with E-state index in [1.54, 1.807) is 6.92 Å². The first-order valence-electron chi connectivity index (χ1n) is 6.79. The van der Waals surface area contributed by atoms with E-state index in [0.717, 1.165) is 6.42 Å². The first-order chi connectivity index (χ1) is 8.86. The molecule has 1 saturated carbocycles. The largest absolute Gasteiger partial charge is 0.392 e. The Morgan fingerprint density at radius 3 is 2.58 bits per heavy atom. The maximum atomic E-state index is 12.9. The number of amides is 1. The SMILES string of the molecule is CC(CCCCl)NC(=O)C1CCCCC1C(F)(F)F. The Labute approximate surface area is 117 Å². The topological polar surface area (TPSA) is 29.1 Å². The number of rotatable bonds is 5. The van der Waals surface area contributed by atoms with Crippen molar-refractivity contribution in [3.8, 4) is 0 Å². The lowest BCUT2D eigenvalue weighted by atomic mass is 9.78. The summed E-state index contributed by atoms with van der Waals surface area (Å²) in [5.41, 5.74) is 0. The molecule has 1 N–H and O–H groups in total. The van der Waals surface area contributed by atoms with Crippen molar-refractivity contribution in [1.82, 2.24) is 5.32 Å². The van der Waals surface area contributed by atoms with E-state index in [1.807, 2.05) is 0 Å². The van der Waals surface area contributed by atoms with Gasteiger partial charge in [0.2, 0.25) is 5.91 Å². The molecule has 3 atom stereocenters. The lowest BCUT2D eigenvalue weighted by Gasteiger charge is -2.32. The lowest BCUT2D eigenvalue weighted by Crippen LogP contribution is -2.45. The highest BCUT2D eigenvalue weighted by molar-refractivity contribution is 6.17. The number of halogens is 4. The van der Waals surface area contributed by atoms with Crippen LogP contribution in [0, 0.1) is 11.8 Å². The third kappa shape index (κ3) is 5.21. The van der Waals surface area contributed by atoms with E-state index in [-0.39, 0.29) is 12.5 Å². The predicted octanol–water partition coefficient (Wildman–Crippen LogP) is 3.88. The number of hydrogen-bond donors (Lipinski definition) is 1. The Bertz CT molecular complexity index is 296. The highest BCUT2D eigenvalue weighted by Crippen LogP contribution is 2.41. The molecular formula is C13H21ClF3NO. The van der Waals surface area contributed by atoms with Crippen LogP contribution in [0.4, 0.5) is 13.2 Å². The number of nitrogens with one attached hydrogen (secondary N) is 1. The maximum absolute atomic E-state index is 12.9. The van der Waals surface area contributed by atoms with Crippen molar-refractivity contribution >= 4 is 17.5 Å². The summed E-state index contributed by atoms with van der Waals surface area (Å²) >= 11 is 5.55. The van der Waals surface area contributed by atoms with Crippen molar-refractivity contribution in [3.63, 3.8) is 0 Å². The number of carbonyl (C=O) groups excluding carboxylic acids is 1. The van der Waals surface area contributed by atoms with Gasteiger partial charge in [0, 0.05) is 17.8 Å².